The van der Waals surface area contributed by atoms with Crippen LogP contribution in [0.3, 0.4) is 0 Å². The van der Waals surface area contributed by atoms with Gasteiger partial charge in [0.05, 0.1) is 23.0 Å². The maximum Gasteiger partial charge on any atom is 0.410 e. The highest BCUT2D eigenvalue weighted by molar-refractivity contribution is 7.22. The van der Waals surface area contributed by atoms with Crippen LogP contribution in [0.15, 0.2) is 36.7 Å². The number of rotatable bonds is 6. The molecule has 24 heavy (non-hydrogen) atoms. The van der Waals surface area contributed by atoms with Gasteiger partial charge in [0.1, 0.15) is 12.4 Å². The molecule has 0 saturated carbocycles. The van der Waals surface area contributed by atoms with Crippen molar-refractivity contribution >= 4 is 32.8 Å². The molecule has 124 valence electrons. The molecule has 0 aliphatic carbocycles. The van der Waals surface area contributed by atoms with Crippen molar-refractivity contribution in [3.63, 3.8) is 0 Å². The lowest BCUT2D eigenvalue weighted by Crippen LogP contribution is -2.06. The summed E-state index contributed by atoms with van der Waals surface area (Å²) in [4.78, 5) is 19.1. The number of nitrogens with one attached hydrogen (secondary N) is 1. The molecule has 0 fully saturated rings. The highest BCUT2D eigenvalue weighted by Gasteiger charge is 2.08. The third-order valence-corrected chi connectivity index (χ3v) is 4.14. The van der Waals surface area contributed by atoms with E-state index in [-0.39, 0.29) is 0 Å². The van der Waals surface area contributed by atoms with Crippen molar-refractivity contribution in [1.82, 2.24) is 9.97 Å². The van der Waals surface area contributed by atoms with Crippen LogP contribution in [0.25, 0.3) is 21.3 Å². The van der Waals surface area contributed by atoms with Crippen LogP contribution in [0.4, 0.5) is 9.93 Å². The van der Waals surface area contributed by atoms with Gasteiger partial charge < -0.3 is 14.6 Å². The summed E-state index contributed by atoms with van der Waals surface area (Å²) < 4.78 is 11.4. The van der Waals surface area contributed by atoms with Crippen molar-refractivity contribution in [1.29, 1.82) is 0 Å². The minimum absolute atomic E-state index is 0.351. The number of hydrogen-bond acceptors (Lipinski definition) is 6. The van der Waals surface area contributed by atoms with Crippen molar-refractivity contribution in [2.75, 3.05) is 25.6 Å². The van der Waals surface area contributed by atoms with Gasteiger partial charge in [0.2, 0.25) is 0 Å². The first-order chi connectivity index (χ1) is 11.7. The highest BCUT2D eigenvalue weighted by Crippen LogP contribution is 2.31. The molecule has 3 aromatic rings. The third-order valence-electron chi connectivity index (χ3n) is 3.20. The first kappa shape index (κ1) is 16.2. The first-order valence-corrected chi connectivity index (χ1v) is 7.95. The summed E-state index contributed by atoms with van der Waals surface area (Å²) in [5.74, 6) is 0.669. The standard InChI is InChI=1S/C16H15N3O4S/c1-22-4-5-23-12-6-11(8-17-9-12)10-2-3-13-14(7-10)24-15(18-13)19-16(20)21/h2-3,6-9H,4-5H2,1H3,(H,18,19)(H,20,21). The van der Waals surface area contributed by atoms with Crippen LogP contribution in [-0.2, 0) is 4.74 Å². The number of benzene rings is 1. The van der Waals surface area contributed by atoms with E-state index in [2.05, 4.69) is 15.3 Å². The van der Waals surface area contributed by atoms with Crippen LogP contribution in [0.2, 0.25) is 0 Å². The van der Waals surface area contributed by atoms with E-state index in [9.17, 15) is 4.79 Å². The van der Waals surface area contributed by atoms with E-state index < -0.39 is 6.09 Å². The molecular weight excluding hydrogens is 330 g/mol. The van der Waals surface area contributed by atoms with Gasteiger partial charge in [0, 0.05) is 18.9 Å². The highest BCUT2D eigenvalue weighted by atomic mass is 32.1. The zero-order valence-electron chi connectivity index (χ0n) is 12.9. The lowest BCUT2D eigenvalue weighted by atomic mass is 10.1. The molecule has 3 rings (SSSR count). The Hall–Kier alpha value is -2.71. The number of fused-ring (bicyclic) bond motifs is 1. The summed E-state index contributed by atoms with van der Waals surface area (Å²) in [6.45, 7) is 0.968. The summed E-state index contributed by atoms with van der Waals surface area (Å²) in [6, 6.07) is 7.63. The number of methoxy groups -OCH3 is 1. The van der Waals surface area contributed by atoms with Crippen molar-refractivity contribution < 1.29 is 19.4 Å². The number of pyridine rings is 1. The Labute approximate surface area is 141 Å². The van der Waals surface area contributed by atoms with Gasteiger partial charge >= 0.3 is 6.09 Å². The predicted octanol–water partition coefficient (Wildman–Crippen LogP) is 3.47. The third kappa shape index (κ3) is 3.79. The van der Waals surface area contributed by atoms with Gasteiger partial charge in [0.15, 0.2) is 5.13 Å². The van der Waals surface area contributed by atoms with Crippen molar-refractivity contribution in [2.45, 2.75) is 0 Å². The number of nitrogens with zero attached hydrogens (tertiary/aromatic N) is 2. The van der Waals surface area contributed by atoms with Crippen molar-refractivity contribution in [3.8, 4) is 16.9 Å². The number of aromatic nitrogens is 2. The quantitative estimate of drug-likeness (QED) is 0.664. The molecule has 1 aromatic carbocycles. The summed E-state index contributed by atoms with van der Waals surface area (Å²) in [6.07, 6.45) is 2.28. The fourth-order valence-corrected chi connectivity index (χ4v) is 3.04. The average molecular weight is 345 g/mol. The maximum absolute atomic E-state index is 10.7. The van der Waals surface area contributed by atoms with E-state index in [0.29, 0.717) is 24.1 Å². The van der Waals surface area contributed by atoms with Crippen molar-refractivity contribution in [3.05, 3.63) is 36.7 Å². The molecule has 0 saturated heterocycles. The smallest absolute Gasteiger partial charge is 0.410 e. The number of thiazole rings is 1. The fourth-order valence-electron chi connectivity index (χ4n) is 2.15. The zero-order chi connectivity index (χ0) is 16.9. The van der Waals surface area contributed by atoms with Gasteiger partial charge in [-0.2, -0.15) is 0 Å². The maximum atomic E-state index is 10.7. The molecule has 2 N–H and O–H groups in total. The SMILES string of the molecule is COCCOc1cncc(-c2ccc3nc(NC(=O)O)sc3c2)c1. The fraction of sp³-hybridized carbons (Fsp3) is 0.188. The van der Waals surface area contributed by atoms with Crippen LogP contribution in [-0.4, -0.2) is 41.5 Å². The number of amides is 1. The minimum atomic E-state index is -1.13. The molecule has 0 unspecified atom stereocenters. The second-order valence-corrected chi connectivity index (χ2v) is 5.91. The second-order valence-electron chi connectivity index (χ2n) is 4.88. The Kier molecular flexibility index (Phi) is 4.88. The van der Waals surface area contributed by atoms with E-state index >= 15 is 0 Å². The first-order valence-electron chi connectivity index (χ1n) is 7.13. The van der Waals surface area contributed by atoms with Gasteiger partial charge in [-0.05, 0) is 23.8 Å². The van der Waals surface area contributed by atoms with Crippen LogP contribution < -0.4 is 10.1 Å². The molecule has 1 amide bonds. The normalized spacial score (nSPS) is 10.7. The van der Waals surface area contributed by atoms with Gasteiger partial charge in [-0.25, -0.2) is 9.78 Å². The summed E-state index contributed by atoms with van der Waals surface area (Å²) in [5.41, 5.74) is 2.61. The Morgan fingerprint density at radius 2 is 2.12 bits per heavy atom. The summed E-state index contributed by atoms with van der Waals surface area (Å²) in [5, 5.41) is 11.4. The summed E-state index contributed by atoms with van der Waals surface area (Å²) >= 11 is 1.28. The lowest BCUT2D eigenvalue weighted by molar-refractivity contribution is 0.146. The molecule has 0 atom stereocenters. The molecule has 8 heteroatoms. The van der Waals surface area contributed by atoms with E-state index in [0.717, 1.165) is 21.3 Å². The van der Waals surface area contributed by atoms with Crippen molar-refractivity contribution in [2.24, 2.45) is 0 Å². The molecule has 0 aliphatic heterocycles. The Balaban J connectivity index is 1.86. The Bertz CT molecular complexity index is 865. The predicted molar refractivity (Wildman–Crippen MR) is 91.9 cm³/mol. The number of anilines is 1. The number of ether oxygens (including phenoxy) is 2. The molecule has 0 aliphatic rings. The molecule has 7 nitrogen and oxygen atoms in total. The van der Waals surface area contributed by atoms with Gasteiger partial charge in [-0.3, -0.25) is 10.3 Å². The number of hydrogen-bond donors (Lipinski definition) is 2. The lowest BCUT2D eigenvalue weighted by Gasteiger charge is -2.07. The molecular formula is C16H15N3O4S. The molecule has 0 radical (unpaired) electrons. The number of carbonyl (C=O) groups is 1. The zero-order valence-corrected chi connectivity index (χ0v) is 13.7. The second kappa shape index (κ2) is 7.24. The van der Waals surface area contributed by atoms with E-state index in [1.54, 1.807) is 19.5 Å². The Morgan fingerprint density at radius 3 is 2.92 bits per heavy atom. The van der Waals surface area contributed by atoms with Crippen LogP contribution >= 0.6 is 11.3 Å². The van der Waals surface area contributed by atoms with Gasteiger partial charge in [0.25, 0.3) is 0 Å². The molecule has 2 heterocycles. The molecule has 0 bridgehead atoms. The average Bonchev–Trinajstić information content (AvgIpc) is 2.96. The monoisotopic (exact) mass is 345 g/mol. The minimum Gasteiger partial charge on any atom is -0.490 e. The molecule has 0 spiro atoms. The van der Waals surface area contributed by atoms with Gasteiger partial charge in [-0.15, -0.1) is 0 Å². The van der Waals surface area contributed by atoms with Crippen LogP contribution in [0.5, 0.6) is 5.75 Å². The van der Waals surface area contributed by atoms with Gasteiger partial charge in [-0.1, -0.05) is 17.4 Å². The topological polar surface area (TPSA) is 93.6 Å². The van der Waals surface area contributed by atoms with Crippen LogP contribution in [0, 0.1) is 0 Å². The number of carboxylic acid groups (broad SMARTS) is 1. The largest absolute Gasteiger partial charge is 0.490 e. The van der Waals surface area contributed by atoms with E-state index in [4.69, 9.17) is 14.6 Å². The van der Waals surface area contributed by atoms with E-state index in [1.165, 1.54) is 11.3 Å². The summed E-state index contributed by atoms with van der Waals surface area (Å²) in [7, 11) is 1.62. The molecule has 2 aromatic heterocycles. The Morgan fingerprint density at radius 1 is 1.25 bits per heavy atom. The van der Waals surface area contributed by atoms with Crippen LogP contribution in [0.1, 0.15) is 0 Å². The van der Waals surface area contributed by atoms with E-state index in [1.807, 2.05) is 24.3 Å².